The normalized spacial score (nSPS) is 9.70. The first-order valence-corrected chi connectivity index (χ1v) is 3.21. The lowest BCUT2D eigenvalue weighted by Gasteiger charge is -1.83. The van der Waals surface area contributed by atoms with E-state index < -0.39 is 0 Å². The second kappa shape index (κ2) is 8.08. The van der Waals surface area contributed by atoms with Crippen LogP contribution in [0.25, 0.3) is 0 Å². The first-order valence-electron chi connectivity index (χ1n) is 3.21. The van der Waals surface area contributed by atoms with Gasteiger partial charge in [0.15, 0.2) is 0 Å². The predicted molar refractivity (Wildman–Crippen MR) is 38.4 cm³/mol. The highest BCUT2D eigenvalue weighted by Gasteiger charge is 1.76. The summed E-state index contributed by atoms with van der Waals surface area (Å²) < 4.78 is 0. The number of nitrogens with zero attached hydrogens (tertiary/aromatic N) is 1. The summed E-state index contributed by atoms with van der Waals surface area (Å²) >= 11 is 0. The summed E-state index contributed by atoms with van der Waals surface area (Å²) in [6.07, 6.45) is 6.61. The van der Waals surface area contributed by atoms with Crippen LogP contribution in [0.15, 0.2) is 17.1 Å². The highest BCUT2D eigenvalue weighted by Crippen LogP contribution is 1.86. The van der Waals surface area contributed by atoms with Gasteiger partial charge in [-0.05, 0) is 12.8 Å². The van der Waals surface area contributed by atoms with Gasteiger partial charge in [-0.15, -0.1) is 0 Å². The van der Waals surface area contributed by atoms with Gasteiger partial charge >= 0.3 is 0 Å². The fourth-order valence-corrected chi connectivity index (χ4v) is 0.495. The maximum atomic E-state index is 9.54. The molecule has 0 atom stereocenters. The highest BCUT2D eigenvalue weighted by atomic mass is 16.2. The van der Waals surface area contributed by atoms with Gasteiger partial charge in [-0.2, -0.15) is 0 Å². The Hall–Kier alpha value is -0.920. The molecule has 0 aromatic rings. The number of aliphatic hydroxyl groups excluding tert-OH is 1. The van der Waals surface area contributed by atoms with Crippen LogP contribution in [0, 0.1) is 0 Å². The predicted octanol–water partition coefficient (Wildman–Crippen LogP) is 0.651. The summed E-state index contributed by atoms with van der Waals surface area (Å²) in [6.45, 7) is 0.666. The number of hydrogen-bond donors (Lipinski definition) is 1. The van der Waals surface area contributed by atoms with Crippen molar-refractivity contribution in [3.63, 3.8) is 0 Å². The summed E-state index contributed by atoms with van der Waals surface area (Å²) in [5, 5.41) is 8.33. The molecule has 0 aliphatic heterocycles. The average Bonchev–Trinajstić information content (AvgIpc) is 1.97. The highest BCUT2D eigenvalue weighted by molar-refractivity contribution is 5.32. The number of carbonyl (C=O) groups excluding carboxylic acids is 1. The van der Waals surface area contributed by atoms with E-state index in [1.807, 2.05) is 12.2 Å². The molecule has 0 rings (SSSR count). The van der Waals surface area contributed by atoms with Crippen LogP contribution in [-0.2, 0) is 4.79 Å². The topological polar surface area (TPSA) is 49.7 Å². The van der Waals surface area contributed by atoms with E-state index in [0.717, 1.165) is 6.42 Å². The summed E-state index contributed by atoms with van der Waals surface area (Å²) in [5.74, 6) is 0. The molecule has 10 heavy (non-hydrogen) atoms. The van der Waals surface area contributed by atoms with Gasteiger partial charge in [-0.25, -0.2) is 9.79 Å². The molecule has 0 aromatic heterocycles. The zero-order valence-corrected chi connectivity index (χ0v) is 5.79. The summed E-state index contributed by atoms with van der Waals surface area (Å²) in [7, 11) is 0. The van der Waals surface area contributed by atoms with Gasteiger partial charge in [0.05, 0.1) is 6.54 Å². The average molecular weight is 141 g/mol. The van der Waals surface area contributed by atoms with Crippen molar-refractivity contribution in [3.8, 4) is 0 Å². The molecular weight excluding hydrogens is 130 g/mol. The molecule has 0 bridgehead atoms. The Balaban J connectivity index is 3.09. The molecule has 0 aliphatic carbocycles. The van der Waals surface area contributed by atoms with Crippen molar-refractivity contribution in [2.24, 2.45) is 4.99 Å². The third kappa shape index (κ3) is 7.08. The van der Waals surface area contributed by atoms with E-state index in [9.17, 15) is 4.79 Å². The first-order chi connectivity index (χ1) is 4.91. The zero-order chi connectivity index (χ0) is 7.66. The minimum Gasteiger partial charge on any atom is -0.396 e. The molecule has 3 nitrogen and oxygen atoms in total. The van der Waals surface area contributed by atoms with Gasteiger partial charge in [0.1, 0.15) is 0 Å². The van der Waals surface area contributed by atoms with Gasteiger partial charge in [0, 0.05) is 6.61 Å². The van der Waals surface area contributed by atoms with E-state index >= 15 is 0 Å². The molecule has 1 N–H and O–H groups in total. The van der Waals surface area contributed by atoms with E-state index in [0.29, 0.717) is 13.0 Å². The number of hydrogen-bond acceptors (Lipinski definition) is 3. The third-order valence-corrected chi connectivity index (χ3v) is 0.935. The lowest BCUT2D eigenvalue weighted by molar-refractivity contribution is 0.302. The zero-order valence-electron chi connectivity index (χ0n) is 5.79. The molecule has 0 aliphatic rings. The van der Waals surface area contributed by atoms with Crippen LogP contribution in [0.2, 0.25) is 0 Å². The molecule has 0 radical (unpaired) electrons. The molecule has 56 valence electrons. The van der Waals surface area contributed by atoms with Crippen LogP contribution in [0.5, 0.6) is 0 Å². The fourth-order valence-electron chi connectivity index (χ4n) is 0.495. The van der Waals surface area contributed by atoms with E-state index in [2.05, 4.69) is 4.99 Å². The standard InChI is InChI=1S/C7H11NO2/c9-6-4-2-1-3-5-8-7-10/h1-2,9H,3-6H2. The molecular formula is C7H11NO2. The quantitative estimate of drug-likeness (QED) is 0.264. The number of aliphatic imine (C=N–C) groups is 1. The monoisotopic (exact) mass is 141 g/mol. The molecule has 0 fully saturated rings. The van der Waals surface area contributed by atoms with Crippen LogP contribution in [0.3, 0.4) is 0 Å². The Bertz CT molecular complexity index is 137. The van der Waals surface area contributed by atoms with Gasteiger partial charge < -0.3 is 5.11 Å². The largest absolute Gasteiger partial charge is 0.396 e. The van der Waals surface area contributed by atoms with E-state index in [4.69, 9.17) is 5.11 Å². The molecule has 0 saturated carbocycles. The van der Waals surface area contributed by atoms with Crippen LogP contribution in [0.4, 0.5) is 0 Å². The Labute approximate surface area is 60.1 Å². The number of aliphatic hydroxyl groups is 1. The van der Waals surface area contributed by atoms with Crippen molar-refractivity contribution in [1.29, 1.82) is 0 Å². The van der Waals surface area contributed by atoms with Crippen LogP contribution >= 0.6 is 0 Å². The first kappa shape index (κ1) is 9.08. The van der Waals surface area contributed by atoms with Crippen LogP contribution in [0.1, 0.15) is 12.8 Å². The Morgan fingerprint density at radius 2 is 2.10 bits per heavy atom. The molecule has 0 saturated heterocycles. The summed E-state index contributed by atoms with van der Waals surface area (Å²) in [5.41, 5.74) is 0. The second-order valence-corrected chi connectivity index (χ2v) is 1.75. The van der Waals surface area contributed by atoms with Crippen molar-refractivity contribution in [1.82, 2.24) is 0 Å². The maximum absolute atomic E-state index is 9.54. The SMILES string of the molecule is O=C=NCCC=CCCO. The molecule has 3 heteroatoms. The lowest BCUT2D eigenvalue weighted by atomic mass is 10.3. The fraction of sp³-hybridized carbons (Fsp3) is 0.571. The minimum atomic E-state index is 0.174. The van der Waals surface area contributed by atoms with Crippen molar-refractivity contribution >= 4 is 6.08 Å². The van der Waals surface area contributed by atoms with Crippen molar-refractivity contribution in [2.75, 3.05) is 13.2 Å². The molecule has 0 spiro atoms. The van der Waals surface area contributed by atoms with E-state index in [1.165, 1.54) is 6.08 Å². The van der Waals surface area contributed by atoms with E-state index in [-0.39, 0.29) is 6.61 Å². The molecule has 0 amide bonds. The lowest BCUT2D eigenvalue weighted by Crippen LogP contribution is -1.77. The Morgan fingerprint density at radius 1 is 1.40 bits per heavy atom. The summed E-state index contributed by atoms with van der Waals surface area (Å²) in [4.78, 5) is 12.9. The molecule has 0 heterocycles. The Morgan fingerprint density at radius 3 is 2.70 bits per heavy atom. The van der Waals surface area contributed by atoms with Crippen molar-refractivity contribution in [3.05, 3.63) is 12.2 Å². The van der Waals surface area contributed by atoms with E-state index in [1.54, 1.807) is 0 Å². The smallest absolute Gasteiger partial charge is 0.234 e. The maximum Gasteiger partial charge on any atom is 0.234 e. The van der Waals surface area contributed by atoms with Crippen molar-refractivity contribution in [2.45, 2.75) is 12.8 Å². The van der Waals surface area contributed by atoms with Gasteiger partial charge in [0.2, 0.25) is 6.08 Å². The van der Waals surface area contributed by atoms with Gasteiger partial charge in [-0.3, -0.25) is 0 Å². The number of isocyanates is 1. The molecule has 0 unspecified atom stereocenters. The van der Waals surface area contributed by atoms with Crippen molar-refractivity contribution < 1.29 is 9.90 Å². The number of rotatable bonds is 5. The van der Waals surface area contributed by atoms with Gasteiger partial charge in [0.25, 0.3) is 0 Å². The minimum absolute atomic E-state index is 0.174. The summed E-state index contributed by atoms with van der Waals surface area (Å²) in [6, 6.07) is 0. The van der Waals surface area contributed by atoms with Crippen LogP contribution < -0.4 is 0 Å². The molecule has 0 aromatic carbocycles. The third-order valence-electron chi connectivity index (χ3n) is 0.935. The Kier molecular flexibility index (Phi) is 7.34. The van der Waals surface area contributed by atoms with Gasteiger partial charge in [-0.1, -0.05) is 12.2 Å². The van der Waals surface area contributed by atoms with Crippen LogP contribution in [-0.4, -0.2) is 24.3 Å². The second-order valence-electron chi connectivity index (χ2n) is 1.75.